The Hall–Kier alpha value is -3.71. The summed E-state index contributed by atoms with van der Waals surface area (Å²) in [4.78, 5) is 51.4. The molecule has 2 aliphatic carbocycles. The van der Waals surface area contributed by atoms with Crippen molar-refractivity contribution in [3.8, 4) is 11.5 Å². The van der Waals surface area contributed by atoms with E-state index in [9.17, 15) is 37.5 Å². The van der Waals surface area contributed by atoms with Crippen LogP contribution in [0.5, 0.6) is 11.5 Å². The number of likely N-dealkylation sites (tertiary alicyclic amines) is 1. The predicted octanol–water partition coefficient (Wildman–Crippen LogP) is 5.46. The summed E-state index contributed by atoms with van der Waals surface area (Å²) in [6, 6.07) is 3.67. The number of benzene rings is 2. The Morgan fingerprint density at radius 1 is 0.891 bits per heavy atom. The quantitative estimate of drug-likeness (QED) is 0.115. The van der Waals surface area contributed by atoms with E-state index in [0.29, 0.717) is 0 Å². The molecule has 244 valence electrons. The second kappa shape index (κ2) is 10.1. The molecule has 2 heterocycles. The zero-order valence-electron chi connectivity index (χ0n) is 24.6. The van der Waals surface area contributed by atoms with E-state index in [1.165, 1.54) is 19.2 Å². The molecular formula is C31H25Cl2F5N2O6. The lowest BCUT2D eigenvalue weighted by Gasteiger charge is -2.51. The molecule has 4 amide bonds. The maximum absolute atomic E-state index is 15.1. The lowest BCUT2D eigenvalue weighted by atomic mass is 9.56. The van der Waals surface area contributed by atoms with Crippen LogP contribution in [0.2, 0.25) is 0 Å². The van der Waals surface area contributed by atoms with Crippen molar-refractivity contribution in [3.05, 3.63) is 64.5 Å². The first-order valence-corrected chi connectivity index (χ1v) is 14.8. The highest BCUT2D eigenvalue weighted by Crippen LogP contribution is 2.67. The van der Waals surface area contributed by atoms with Gasteiger partial charge in [-0.15, -0.1) is 23.2 Å². The third-order valence-corrected chi connectivity index (χ3v) is 10.8. The van der Waals surface area contributed by atoms with Gasteiger partial charge in [0.25, 0.3) is 11.8 Å². The van der Waals surface area contributed by atoms with E-state index in [0.717, 1.165) is 11.0 Å². The first-order valence-electron chi connectivity index (χ1n) is 14.1. The number of aromatic hydroxyl groups is 1. The largest absolute Gasteiger partial charge is 0.508 e. The van der Waals surface area contributed by atoms with Gasteiger partial charge in [-0.2, -0.15) is 0 Å². The van der Waals surface area contributed by atoms with Crippen molar-refractivity contribution < 1.29 is 51.0 Å². The van der Waals surface area contributed by atoms with Crippen LogP contribution in [0.3, 0.4) is 0 Å². The second-order valence-corrected chi connectivity index (χ2v) is 14.0. The maximum Gasteiger partial charge on any atom is 0.258 e. The van der Waals surface area contributed by atoms with Crippen molar-refractivity contribution in [2.45, 2.75) is 54.8 Å². The van der Waals surface area contributed by atoms with E-state index in [4.69, 9.17) is 27.9 Å². The average Bonchev–Trinajstić information content (AvgIpc) is 3.34. The monoisotopic (exact) mass is 686 g/mol. The fourth-order valence-electron chi connectivity index (χ4n) is 7.51. The van der Waals surface area contributed by atoms with Gasteiger partial charge in [-0.3, -0.25) is 24.1 Å². The summed E-state index contributed by atoms with van der Waals surface area (Å²) in [5.41, 5.74) is -2.47. The number of hydrogen-bond acceptors (Lipinski definition) is 6. The standard InChI is InChI=1S/C31H25Cl2F5N2O6/c1-29(2,3)40-25(42)14-8-7-12-15(17(14)26(40)43)10-30(32)27(44)39(24-22(37)20(35)19(34)21(36)23(24)38)28(45)31(30,33)18(12)13-6-5-11(41)9-16(13)46-4/h5-7,9,14-15,17-18,41H,8,10H2,1-4H3/t14-,15+,17-,18+,30+,31-/m0/s1. The summed E-state index contributed by atoms with van der Waals surface area (Å²) in [5.74, 6) is -21.4. The molecule has 0 spiro atoms. The van der Waals surface area contributed by atoms with Crippen molar-refractivity contribution in [1.29, 1.82) is 0 Å². The Morgan fingerprint density at radius 3 is 2.04 bits per heavy atom. The number of carbonyl (C=O) groups is 4. The maximum atomic E-state index is 15.1. The van der Waals surface area contributed by atoms with Gasteiger partial charge in [-0.05, 0) is 45.6 Å². The van der Waals surface area contributed by atoms with Crippen LogP contribution in [0.1, 0.15) is 45.1 Å². The number of nitrogens with zero attached hydrogens (tertiary/aromatic N) is 2. The first kappa shape index (κ1) is 32.2. The molecule has 46 heavy (non-hydrogen) atoms. The van der Waals surface area contributed by atoms with E-state index >= 15 is 8.78 Å². The van der Waals surface area contributed by atoms with Crippen molar-refractivity contribution in [3.63, 3.8) is 0 Å². The highest BCUT2D eigenvalue weighted by atomic mass is 35.5. The molecule has 4 aliphatic rings. The van der Waals surface area contributed by atoms with Gasteiger partial charge in [0.15, 0.2) is 33.0 Å². The van der Waals surface area contributed by atoms with Gasteiger partial charge in [0.1, 0.15) is 17.2 Å². The fraction of sp³-hybridized carbons (Fsp3) is 0.419. The molecule has 8 nitrogen and oxygen atoms in total. The molecule has 0 unspecified atom stereocenters. The third kappa shape index (κ3) is 3.90. The predicted molar refractivity (Wildman–Crippen MR) is 153 cm³/mol. The topological polar surface area (TPSA) is 104 Å². The second-order valence-electron chi connectivity index (χ2n) is 12.8. The SMILES string of the molecule is COc1cc(O)ccc1[C@H]1C2=CC[C@@H]3C(=O)N(C(C)(C)C)C(=O)[C@@H]3[C@@H]2C[C@@]2(Cl)C(=O)N(c3c(F)c(F)c(F)c(F)c3F)C(=O)[C@@]12Cl. The minimum absolute atomic E-state index is 0.0102. The number of phenolic OH excluding ortho intramolecular Hbond substituents is 1. The molecule has 15 heteroatoms. The number of ether oxygens (including phenoxy) is 1. The van der Waals surface area contributed by atoms with Crippen molar-refractivity contribution in [2.24, 2.45) is 17.8 Å². The molecule has 0 radical (unpaired) electrons. The number of phenols is 1. The van der Waals surface area contributed by atoms with Gasteiger partial charge < -0.3 is 9.84 Å². The molecule has 3 fully saturated rings. The zero-order valence-corrected chi connectivity index (χ0v) is 26.1. The zero-order chi connectivity index (χ0) is 34.0. The van der Waals surface area contributed by atoms with Crippen LogP contribution < -0.4 is 9.64 Å². The molecule has 1 saturated carbocycles. The number of rotatable bonds is 3. The Bertz CT molecular complexity index is 1780. The number of hydrogen-bond donors (Lipinski definition) is 1. The Kier molecular flexibility index (Phi) is 7.11. The van der Waals surface area contributed by atoms with Gasteiger partial charge in [0, 0.05) is 23.1 Å². The normalized spacial score (nSPS) is 30.8. The van der Waals surface area contributed by atoms with Crippen molar-refractivity contribution in [2.75, 3.05) is 12.0 Å². The Labute approximate surface area is 268 Å². The molecule has 2 aromatic rings. The van der Waals surface area contributed by atoms with E-state index in [1.807, 2.05) is 0 Å². The van der Waals surface area contributed by atoms with Gasteiger partial charge in [-0.25, -0.2) is 26.9 Å². The molecule has 0 bridgehead atoms. The molecule has 2 aromatic carbocycles. The number of methoxy groups -OCH3 is 1. The molecule has 0 aromatic heterocycles. The van der Waals surface area contributed by atoms with Crippen LogP contribution in [0.15, 0.2) is 29.8 Å². The number of carbonyl (C=O) groups excluding carboxylic acids is 4. The Balaban J connectivity index is 1.62. The minimum atomic E-state index is -2.69. The molecular weight excluding hydrogens is 662 g/mol. The van der Waals surface area contributed by atoms with E-state index in [1.54, 1.807) is 26.8 Å². The molecule has 2 saturated heterocycles. The molecule has 6 atom stereocenters. The van der Waals surface area contributed by atoms with Gasteiger partial charge in [0.05, 0.1) is 18.9 Å². The lowest BCUT2D eigenvalue weighted by Crippen LogP contribution is -2.60. The van der Waals surface area contributed by atoms with Crippen LogP contribution in [-0.4, -0.2) is 56.0 Å². The summed E-state index contributed by atoms with van der Waals surface area (Å²) in [6.07, 6.45) is 0.977. The number of imide groups is 2. The summed E-state index contributed by atoms with van der Waals surface area (Å²) < 4.78 is 78.4. The average molecular weight is 687 g/mol. The smallest absolute Gasteiger partial charge is 0.258 e. The number of halogens is 7. The van der Waals surface area contributed by atoms with Crippen LogP contribution in [0.25, 0.3) is 0 Å². The summed E-state index contributed by atoms with van der Waals surface area (Å²) in [7, 11) is 1.22. The van der Waals surface area contributed by atoms with Crippen LogP contribution >= 0.6 is 23.2 Å². The lowest BCUT2D eigenvalue weighted by molar-refractivity contribution is -0.145. The van der Waals surface area contributed by atoms with Crippen molar-refractivity contribution in [1.82, 2.24) is 4.90 Å². The minimum Gasteiger partial charge on any atom is -0.508 e. The van der Waals surface area contributed by atoms with E-state index in [2.05, 4.69) is 0 Å². The highest BCUT2D eigenvalue weighted by molar-refractivity contribution is 6.58. The van der Waals surface area contributed by atoms with Crippen molar-refractivity contribution >= 4 is 52.5 Å². The highest BCUT2D eigenvalue weighted by Gasteiger charge is 2.77. The van der Waals surface area contributed by atoms with Gasteiger partial charge in [0.2, 0.25) is 17.6 Å². The van der Waals surface area contributed by atoms with Crippen LogP contribution in [-0.2, 0) is 19.2 Å². The number of alkyl halides is 2. The Morgan fingerprint density at radius 2 is 1.48 bits per heavy atom. The van der Waals surface area contributed by atoms with Gasteiger partial charge in [-0.1, -0.05) is 17.7 Å². The summed E-state index contributed by atoms with van der Waals surface area (Å²) in [5, 5.41) is 10.2. The third-order valence-electron chi connectivity index (χ3n) is 9.42. The van der Waals surface area contributed by atoms with E-state index in [-0.39, 0.29) is 34.0 Å². The number of anilines is 1. The van der Waals surface area contributed by atoms with Crippen LogP contribution in [0, 0.1) is 46.8 Å². The molecule has 6 rings (SSSR count). The molecule has 2 aliphatic heterocycles. The number of amides is 4. The fourth-order valence-corrected chi connectivity index (χ4v) is 8.44. The first-order chi connectivity index (χ1) is 21.3. The van der Waals surface area contributed by atoms with Crippen LogP contribution in [0.4, 0.5) is 27.6 Å². The van der Waals surface area contributed by atoms with E-state index < -0.39 is 104 Å². The van der Waals surface area contributed by atoms with Gasteiger partial charge >= 0.3 is 0 Å². The summed E-state index contributed by atoms with van der Waals surface area (Å²) in [6.45, 7) is 4.98. The molecule has 1 N–H and O–H groups in total. The summed E-state index contributed by atoms with van der Waals surface area (Å²) >= 11 is 14.2. The number of allylic oxidation sites excluding steroid dienone is 2. The number of fused-ring (bicyclic) bond motifs is 4.